The van der Waals surface area contributed by atoms with Crippen LogP contribution < -0.4 is 22.1 Å². The fraction of sp³-hybridized carbons (Fsp3) is 0.941. The largest absolute Gasteiger partial charge is 0.394 e. The number of aliphatic imine (C=N–C) groups is 1. The first-order chi connectivity index (χ1) is 14.4. The highest BCUT2D eigenvalue weighted by Gasteiger charge is 2.74. The van der Waals surface area contributed by atoms with Gasteiger partial charge >= 0.3 is 0 Å². The monoisotopic (exact) mass is 464 g/mol. The molecule has 1 aliphatic carbocycles. The predicted octanol–water partition coefficient (Wildman–Crippen LogP) is -4.52. The molecule has 1 saturated carbocycles. The molecule has 0 radical (unpaired) electrons. The maximum absolute atomic E-state index is 11.8. The zero-order valence-electron chi connectivity index (χ0n) is 17.3. The lowest BCUT2D eigenvalue weighted by atomic mass is 9.85. The predicted molar refractivity (Wildman–Crippen MR) is 109 cm³/mol. The lowest BCUT2D eigenvalue weighted by Gasteiger charge is -2.49. The van der Waals surface area contributed by atoms with Gasteiger partial charge in [-0.2, -0.15) is 0 Å². The Bertz CT molecular complexity index is 833. The number of rotatable bonds is 5. The molecule has 3 aliphatic heterocycles. The van der Waals surface area contributed by atoms with Crippen LogP contribution in [0.5, 0.6) is 0 Å². The van der Waals surface area contributed by atoms with Gasteiger partial charge in [-0.15, -0.1) is 0 Å². The van der Waals surface area contributed by atoms with E-state index < -0.39 is 63.9 Å². The van der Waals surface area contributed by atoms with Crippen LogP contribution >= 0.6 is 0 Å². The van der Waals surface area contributed by atoms with E-state index in [1.54, 1.807) is 0 Å². The maximum atomic E-state index is 11.8. The fourth-order valence-electron chi connectivity index (χ4n) is 5.49. The third kappa shape index (κ3) is 3.54. The van der Waals surface area contributed by atoms with E-state index in [-0.39, 0.29) is 18.4 Å². The van der Waals surface area contributed by atoms with Crippen molar-refractivity contribution in [1.29, 1.82) is 0 Å². The number of hydrogen-bond donors (Lipinski definition) is 8. The molecule has 0 amide bonds. The van der Waals surface area contributed by atoms with Crippen LogP contribution in [-0.2, 0) is 14.6 Å². The van der Waals surface area contributed by atoms with Crippen LogP contribution in [0.15, 0.2) is 4.99 Å². The fourth-order valence-corrected chi connectivity index (χ4v) is 6.62. The number of nitrogens with two attached hydrogens (primary N) is 2. The number of guanidine groups is 1. The van der Waals surface area contributed by atoms with E-state index in [2.05, 4.69) is 15.6 Å². The van der Waals surface area contributed by atoms with Crippen LogP contribution in [0.3, 0.4) is 0 Å². The number of nitrogens with one attached hydrogen (secondary N) is 2. The van der Waals surface area contributed by atoms with Crippen LogP contribution in [0.25, 0.3) is 0 Å². The normalized spacial score (nSPS) is 43.3. The third-order valence-corrected chi connectivity index (χ3v) is 8.83. The zero-order valence-corrected chi connectivity index (χ0v) is 18.1. The summed E-state index contributed by atoms with van der Waals surface area (Å²) in [6.45, 7) is -0.482. The molecule has 4 unspecified atom stereocenters. The highest BCUT2D eigenvalue weighted by Crippen LogP contribution is 2.45. The van der Waals surface area contributed by atoms with E-state index in [1.165, 1.54) is 11.2 Å². The third-order valence-electron chi connectivity index (χ3n) is 7.15. The number of ether oxygens (including phenoxy) is 1. The molecule has 3 fully saturated rings. The van der Waals surface area contributed by atoms with E-state index in [1.807, 2.05) is 0 Å². The Morgan fingerprint density at radius 2 is 1.97 bits per heavy atom. The van der Waals surface area contributed by atoms with Crippen molar-refractivity contribution in [2.24, 2.45) is 22.4 Å². The summed E-state index contributed by atoms with van der Waals surface area (Å²) in [7, 11) is -3.14. The molecule has 0 aromatic heterocycles. The molecular weight excluding hydrogens is 432 g/mol. The van der Waals surface area contributed by atoms with Gasteiger partial charge in [-0.05, 0) is 25.7 Å². The van der Waals surface area contributed by atoms with Gasteiger partial charge in [0.1, 0.15) is 22.2 Å². The molecule has 1 spiro atoms. The van der Waals surface area contributed by atoms with Gasteiger partial charge in [0.05, 0.1) is 30.5 Å². The summed E-state index contributed by atoms with van der Waals surface area (Å²) in [5.74, 6) is -2.90. The second-order valence-electron chi connectivity index (χ2n) is 8.99. The highest BCUT2D eigenvalue weighted by atomic mass is 32.2. The molecule has 13 nitrogen and oxygen atoms in total. The molecule has 0 bridgehead atoms. The summed E-state index contributed by atoms with van der Waals surface area (Å²) in [6.07, 6.45) is -0.514. The molecule has 4 aliphatic rings. The molecular formula is C17H32N6O7S. The first-order valence-corrected chi connectivity index (χ1v) is 12.4. The summed E-state index contributed by atoms with van der Waals surface area (Å²) in [6, 6.07) is -1.56. The van der Waals surface area contributed by atoms with E-state index >= 15 is 0 Å². The van der Waals surface area contributed by atoms with Gasteiger partial charge < -0.3 is 41.5 Å². The van der Waals surface area contributed by atoms with Gasteiger partial charge in [0.25, 0.3) is 0 Å². The summed E-state index contributed by atoms with van der Waals surface area (Å²) < 4.78 is 29.2. The quantitative estimate of drug-likeness (QED) is 0.181. The van der Waals surface area contributed by atoms with Gasteiger partial charge in [0.15, 0.2) is 17.9 Å². The first-order valence-electron chi connectivity index (χ1n) is 10.4. The Morgan fingerprint density at radius 1 is 1.32 bits per heavy atom. The van der Waals surface area contributed by atoms with Gasteiger partial charge in [-0.25, -0.2) is 13.4 Å². The van der Waals surface area contributed by atoms with Crippen molar-refractivity contribution < 1.29 is 33.6 Å². The standard InChI is InChI=1S/C17H32N6O7S/c1-31(28,29)9-4-2-8(3-5-9)13(25)30-11-6-23-15(19)20-10(7-24)12-16(23,17(11,26)27)22-14(18)21-12/h8-14,21-22,24-27H,2-7,18H2,1H3,(H2,19,20)/t8?,9?,10-,11-,12?,13?,14?,16?/m0/s1. The van der Waals surface area contributed by atoms with Gasteiger partial charge in [0, 0.05) is 12.2 Å². The minimum atomic E-state index is -3.14. The van der Waals surface area contributed by atoms with Crippen LogP contribution in [0.1, 0.15) is 25.7 Å². The maximum Gasteiger partial charge on any atom is 0.231 e. The molecule has 0 aromatic carbocycles. The molecule has 2 saturated heterocycles. The van der Waals surface area contributed by atoms with E-state index in [4.69, 9.17) is 16.2 Å². The number of hydrogen-bond acceptors (Lipinski definition) is 13. The van der Waals surface area contributed by atoms with Crippen molar-refractivity contribution in [2.75, 3.05) is 19.4 Å². The average Bonchev–Trinajstić information content (AvgIpc) is 3.16. The van der Waals surface area contributed by atoms with E-state index in [0.29, 0.717) is 25.7 Å². The van der Waals surface area contributed by atoms with Crippen LogP contribution in [-0.4, -0.2) is 107 Å². The highest BCUT2D eigenvalue weighted by molar-refractivity contribution is 7.91. The van der Waals surface area contributed by atoms with Crippen molar-refractivity contribution >= 4 is 15.8 Å². The van der Waals surface area contributed by atoms with Crippen molar-refractivity contribution in [3.63, 3.8) is 0 Å². The molecule has 31 heavy (non-hydrogen) atoms. The minimum absolute atomic E-state index is 0.0135. The number of aliphatic hydroxyl groups is 4. The molecule has 178 valence electrons. The topological polar surface area (TPSA) is 216 Å². The Labute approximate surface area is 180 Å². The number of sulfone groups is 1. The van der Waals surface area contributed by atoms with Crippen molar-refractivity contribution in [1.82, 2.24) is 15.5 Å². The molecule has 4 rings (SSSR count). The van der Waals surface area contributed by atoms with Crippen molar-refractivity contribution in [2.45, 2.75) is 73.2 Å². The first kappa shape index (κ1) is 23.1. The summed E-state index contributed by atoms with van der Waals surface area (Å²) in [5.41, 5.74) is 10.4. The van der Waals surface area contributed by atoms with Crippen LogP contribution in [0, 0.1) is 5.92 Å². The molecule has 3 heterocycles. The lowest BCUT2D eigenvalue weighted by Crippen LogP contribution is -2.77. The van der Waals surface area contributed by atoms with Crippen LogP contribution in [0.2, 0.25) is 0 Å². The average molecular weight is 465 g/mol. The molecule has 10 N–H and O–H groups in total. The summed E-state index contributed by atoms with van der Waals surface area (Å²) >= 11 is 0. The minimum Gasteiger partial charge on any atom is -0.394 e. The van der Waals surface area contributed by atoms with Crippen LogP contribution in [0.4, 0.5) is 0 Å². The van der Waals surface area contributed by atoms with E-state index in [9.17, 15) is 28.8 Å². The Hall–Kier alpha value is -1.10. The molecule has 0 aromatic rings. The SMILES string of the molecule is CS(=O)(=O)C1CCC(C(O)O[C@H]2CN3C(N)=N[C@@H](CO)C4NC(N)NC43C2(O)O)CC1. The second-order valence-corrected chi connectivity index (χ2v) is 11.3. The lowest BCUT2D eigenvalue weighted by molar-refractivity contribution is -0.297. The smallest absolute Gasteiger partial charge is 0.231 e. The van der Waals surface area contributed by atoms with Gasteiger partial charge in [-0.3, -0.25) is 10.6 Å². The van der Waals surface area contributed by atoms with E-state index in [0.717, 1.165) is 0 Å². The zero-order chi connectivity index (χ0) is 22.8. The van der Waals surface area contributed by atoms with Crippen molar-refractivity contribution in [3.8, 4) is 0 Å². The Morgan fingerprint density at radius 3 is 2.55 bits per heavy atom. The number of nitrogens with zero attached hydrogens (tertiary/aromatic N) is 2. The Balaban J connectivity index is 1.52. The summed E-state index contributed by atoms with van der Waals surface area (Å²) in [5, 5.41) is 48.2. The molecule has 6 atom stereocenters. The van der Waals surface area contributed by atoms with Gasteiger partial charge in [-0.1, -0.05) is 0 Å². The Kier molecular flexibility index (Phi) is 5.76. The number of aliphatic hydroxyl groups excluding tert-OH is 2. The van der Waals surface area contributed by atoms with Gasteiger partial charge in [0.2, 0.25) is 5.79 Å². The summed E-state index contributed by atoms with van der Waals surface area (Å²) in [4.78, 5) is 5.66. The second kappa shape index (κ2) is 7.74. The van der Waals surface area contributed by atoms with Crippen molar-refractivity contribution in [3.05, 3.63) is 0 Å². The molecule has 14 heteroatoms.